The van der Waals surface area contributed by atoms with Crippen LogP contribution >= 0.6 is 0 Å². The van der Waals surface area contributed by atoms with E-state index in [2.05, 4.69) is 24.0 Å². The minimum Gasteiger partial charge on any atom is -0.493 e. The van der Waals surface area contributed by atoms with E-state index >= 15 is 0 Å². The molecule has 0 fully saturated rings. The van der Waals surface area contributed by atoms with Crippen LogP contribution in [0.4, 0.5) is 0 Å². The van der Waals surface area contributed by atoms with E-state index in [0.29, 0.717) is 35.6 Å². The van der Waals surface area contributed by atoms with Gasteiger partial charge in [-0.3, -0.25) is 0 Å². The molecule has 0 aliphatic heterocycles. The maximum absolute atomic E-state index is 9.49. The van der Waals surface area contributed by atoms with Crippen molar-refractivity contribution >= 4 is 11.0 Å². The third-order valence-corrected chi connectivity index (χ3v) is 4.94. The Labute approximate surface area is 179 Å². The summed E-state index contributed by atoms with van der Waals surface area (Å²) in [6.07, 6.45) is 0. The van der Waals surface area contributed by atoms with Gasteiger partial charge in [-0.15, -0.1) is 0 Å². The van der Waals surface area contributed by atoms with Gasteiger partial charge in [0.25, 0.3) is 5.89 Å². The number of hydrogen-bond donors (Lipinski definition) is 3. The molecule has 0 atom stereocenters. The Morgan fingerprint density at radius 1 is 1.03 bits per heavy atom. The topological polar surface area (TPSA) is 128 Å². The summed E-state index contributed by atoms with van der Waals surface area (Å²) >= 11 is 0. The van der Waals surface area contributed by atoms with E-state index in [1.165, 1.54) is 0 Å². The summed E-state index contributed by atoms with van der Waals surface area (Å²) in [4.78, 5) is 4.50. The molecule has 2 heterocycles. The minimum atomic E-state index is -1.34. The smallest absolute Gasteiger partial charge is 0.258 e. The lowest BCUT2D eigenvalue weighted by Crippen LogP contribution is -2.43. The molecule has 4 aromatic rings. The molecule has 0 spiro atoms. The second kappa shape index (κ2) is 8.50. The van der Waals surface area contributed by atoms with Gasteiger partial charge >= 0.3 is 0 Å². The van der Waals surface area contributed by atoms with Gasteiger partial charge in [0.15, 0.2) is 0 Å². The van der Waals surface area contributed by atoms with Gasteiger partial charge in [-0.1, -0.05) is 19.0 Å². The summed E-state index contributed by atoms with van der Waals surface area (Å²) in [6.45, 7) is 3.98. The predicted molar refractivity (Wildman–Crippen MR) is 115 cm³/mol. The normalized spacial score (nSPS) is 12.1. The highest BCUT2D eigenvalue weighted by Crippen LogP contribution is 2.30. The fourth-order valence-corrected chi connectivity index (χ4v) is 3.05. The molecule has 2 aromatic heterocycles. The van der Waals surface area contributed by atoms with Crippen LogP contribution in [0.2, 0.25) is 0 Å². The van der Waals surface area contributed by atoms with E-state index in [1.54, 1.807) is 12.1 Å². The molecule has 0 unspecified atom stereocenters. The van der Waals surface area contributed by atoms with Crippen LogP contribution in [-0.2, 0) is 5.54 Å². The van der Waals surface area contributed by atoms with Crippen molar-refractivity contribution in [3.8, 4) is 28.6 Å². The maximum Gasteiger partial charge on any atom is 0.258 e. The van der Waals surface area contributed by atoms with Crippen molar-refractivity contribution in [2.24, 2.45) is 11.7 Å². The number of hydrogen-bond acceptors (Lipinski definition) is 8. The fourth-order valence-electron chi connectivity index (χ4n) is 3.05. The van der Waals surface area contributed by atoms with Crippen LogP contribution in [-0.4, -0.2) is 40.2 Å². The molecule has 8 nitrogen and oxygen atoms in total. The lowest BCUT2D eigenvalue weighted by Gasteiger charge is -2.21. The lowest BCUT2D eigenvalue weighted by atomic mass is 10.00. The van der Waals surface area contributed by atoms with Gasteiger partial charge < -0.3 is 29.6 Å². The molecule has 0 amide bonds. The molecule has 0 aliphatic carbocycles. The first-order valence-corrected chi connectivity index (χ1v) is 10.0. The van der Waals surface area contributed by atoms with Gasteiger partial charge in [0.05, 0.1) is 19.8 Å². The van der Waals surface area contributed by atoms with Crippen LogP contribution in [0.15, 0.2) is 57.5 Å². The zero-order chi connectivity index (χ0) is 22.0. The van der Waals surface area contributed by atoms with Crippen molar-refractivity contribution in [2.45, 2.75) is 19.4 Å². The maximum atomic E-state index is 9.49. The van der Waals surface area contributed by atoms with Gasteiger partial charge in [0, 0.05) is 16.5 Å². The van der Waals surface area contributed by atoms with Crippen molar-refractivity contribution in [1.29, 1.82) is 0 Å². The highest BCUT2D eigenvalue weighted by Gasteiger charge is 2.30. The van der Waals surface area contributed by atoms with Gasteiger partial charge in [0.2, 0.25) is 5.82 Å². The summed E-state index contributed by atoms with van der Waals surface area (Å²) in [6, 6.07) is 14.6. The Morgan fingerprint density at radius 2 is 1.74 bits per heavy atom. The van der Waals surface area contributed by atoms with Gasteiger partial charge in [-0.25, -0.2) is 0 Å². The summed E-state index contributed by atoms with van der Waals surface area (Å²) in [5.74, 6) is 2.39. The Balaban J connectivity index is 1.57. The number of nitrogens with two attached hydrogens (primary N) is 1. The molecule has 0 bridgehead atoms. The van der Waals surface area contributed by atoms with E-state index < -0.39 is 18.8 Å². The molecule has 0 saturated heterocycles. The van der Waals surface area contributed by atoms with Gasteiger partial charge in [-0.05, 0) is 54.4 Å². The van der Waals surface area contributed by atoms with Crippen LogP contribution in [0.1, 0.15) is 19.6 Å². The third kappa shape index (κ3) is 4.32. The third-order valence-electron chi connectivity index (χ3n) is 4.94. The quantitative estimate of drug-likeness (QED) is 0.394. The molecule has 0 aliphatic rings. The first-order chi connectivity index (χ1) is 14.9. The van der Waals surface area contributed by atoms with Crippen LogP contribution in [0, 0.1) is 5.92 Å². The molecular formula is C23H25N3O5. The monoisotopic (exact) mass is 423 g/mol. The van der Waals surface area contributed by atoms with Crippen molar-refractivity contribution in [3.05, 3.63) is 54.3 Å². The van der Waals surface area contributed by atoms with Gasteiger partial charge in [0.1, 0.15) is 22.6 Å². The molecule has 2 aromatic carbocycles. The number of aliphatic hydroxyl groups is 2. The number of nitrogens with zero attached hydrogens (tertiary/aromatic N) is 2. The number of benzene rings is 2. The Morgan fingerprint density at radius 3 is 2.42 bits per heavy atom. The van der Waals surface area contributed by atoms with Crippen LogP contribution in [0.5, 0.6) is 5.75 Å². The van der Waals surface area contributed by atoms with Crippen LogP contribution < -0.4 is 10.5 Å². The van der Waals surface area contributed by atoms with E-state index in [-0.39, 0.29) is 0 Å². The second-order valence-electron chi connectivity index (χ2n) is 7.99. The average molecular weight is 423 g/mol. The molecule has 8 heteroatoms. The number of aromatic nitrogens is 2. The lowest BCUT2D eigenvalue weighted by molar-refractivity contribution is 0.105. The summed E-state index contributed by atoms with van der Waals surface area (Å²) in [5.41, 5.74) is 6.77. The highest BCUT2D eigenvalue weighted by molar-refractivity contribution is 5.83. The second-order valence-corrected chi connectivity index (χ2v) is 7.99. The van der Waals surface area contributed by atoms with Crippen molar-refractivity contribution < 1.29 is 23.9 Å². The molecule has 0 radical (unpaired) electrons. The van der Waals surface area contributed by atoms with Crippen LogP contribution in [0.25, 0.3) is 33.8 Å². The summed E-state index contributed by atoms with van der Waals surface area (Å²) in [7, 11) is 0. The SMILES string of the molecule is CC(C)COc1ccc(-c2nc(-c3ccc4oc(C(N)(CO)CO)cc4c3)no2)cc1. The zero-order valence-corrected chi connectivity index (χ0v) is 17.4. The highest BCUT2D eigenvalue weighted by atomic mass is 16.5. The number of aliphatic hydroxyl groups excluding tert-OH is 2. The van der Waals surface area contributed by atoms with E-state index in [9.17, 15) is 10.2 Å². The first kappa shape index (κ1) is 21.0. The van der Waals surface area contributed by atoms with Crippen molar-refractivity contribution in [1.82, 2.24) is 10.1 Å². The predicted octanol–water partition coefficient (Wildman–Crippen LogP) is 3.32. The Kier molecular flexibility index (Phi) is 5.77. The largest absolute Gasteiger partial charge is 0.493 e. The molecular weight excluding hydrogens is 398 g/mol. The summed E-state index contributed by atoms with van der Waals surface area (Å²) < 4.78 is 16.8. The van der Waals surface area contributed by atoms with E-state index in [0.717, 1.165) is 22.3 Å². The van der Waals surface area contributed by atoms with Crippen LogP contribution in [0.3, 0.4) is 0 Å². The molecule has 4 rings (SSSR count). The Hall–Kier alpha value is -3.20. The average Bonchev–Trinajstić information content (AvgIpc) is 3.44. The standard InChI is InChI=1S/C23H25N3O5/c1-14(2)11-29-18-6-3-15(4-7-18)22-25-21(26-31-22)16-5-8-19-17(9-16)10-20(30-19)23(24,12-27)13-28/h3-10,14,27-28H,11-13,24H2,1-2H3. The van der Waals surface area contributed by atoms with E-state index in [4.69, 9.17) is 19.4 Å². The molecule has 4 N–H and O–H groups in total. The molecule has 0 saturated carbocycles. The van der Waals surface area contributed by atoms with Gasteiger partial charge in [-0.2, -0.15) is 4.98 Å². The zero-order valence-electron chi connectivity index (χ0n) is 17.4. The number of furan rings is 1. The van der Waals surface area contributed by atoms with Crippen molar-refractivity contribution in [3.63, 3.8) is 0 Å². The number of rotatable bonds is 8. The number of fused-ring (bicyclic) bond motifs is 1. The molecule has 162 valence electrons. The van der Waals surface area contributed by atoms with Crippen molar-refractivity contribution in [2.75, 3.05) is 19.8 Å². The van der Waals surface area contributed by atoms with E-state index in [1.807, 2.05) is 36.4 Å². The minimum absolute atomic E-state index is 0.304. The Bertz CT molecular complexity index is 1160. The molecule has 31 heavy (non-hydrogen) atoms. The summed E-state index contributed by atoms with van der Waals surface area (Å²) in [5, 5.41) is 23.8. The fraction of sp³-hybridized carbons (Fsp3) is 0.304. The number of ether oxygens (including phenoxy) is 1. The first-order valence-electron chi connectivity index (χ1n) is 10.0.